The van der Waals surface area contributed by atoms with E-state index in [0.29, 0.717) is 0 Å². The fourth-order valence-corrected chi connectivity index (χ4v) is 0.937. The number of carbonyl (C=O) groups is 1. The third kappa shape index (κ3) is 1.80. The molecule has 1 aromatic rings. The van der Waals surface area contributed by atoms with Gasteiger partial charge in [0.15, 0.2) is 0 Å². The third-order valence-electron chi connectivity index (χ3n) is 1.42. The van der Waals surface area contributed by atoms with Crippen LogP contribution in [0, 0.1) is 0 Å². The average molecular weight is 153 g/mol. The van der Waals surface area contributed by atoms with E-state index in [1.807, 2.05) is 6.92 Å². The van der Waals surface area contributed by atoms with E-state index in [4.69, 9.17) is 0 Å². The smallest absolute Gasteiger partial charge is 0.108 e. The number of imidazole rings is 1. The highest BCUT2D eigenvalue weighted by Gasteiger charge is 1.98. The van der Waals surface area contributed by atoms with Crippen LogP contribution >= 0.6 is 0 Å². The number of nitrogens with zero attached hydrogens (tertiary/aromatic N) is 2. The second kappa shape index (κ2) is 3.18. The molecular weight excluding hydrogens is 144 g/mol. The summed E-state index contributed by atoms with van der Waals surface area (Å²) in [5, 5.41) is 10.2. The number of aromatic nitrogens is 2. The minimum atomic E-state index is -1.09. The highest BCUT2D eigenvalue weighted by molar-refractivity contribution is 5.64. The average Bonchev–Trinajstić information content (AvgIpc) is 2.34. The van der Waals surface area contributed by atoms with Crippen molar-refractivity contribution in [3.63, 3.8) is 0 Å². The quantitative estimate of drug-likeness (QED) is 0.571. The second-order valence-corrected chi connectivity index (χ2v) is 2.20. The summed E-state index contributed by atoms with van der Waals surface area (Å²) in [4.78, 5) is 14.1. The maximum Gasteiger partial charge on any atom is 0.108 e. The maximum atomic E-state index is 10.2. The van der Waals surface area contributed by atoms with Crippen molar-refractivity contribution < 1.29 is 9.90 Å². The molecule has 0 radical (unpaired) electrons. The van der Waals surface area contributed by atoms with Gasteiger partial charge in [0, 0.05) is 18.8 Å². The molecule has 1 heterocycles. The summed E-state index contributed by atoms with van der Waals surface area (Å²) in [6, 6.07) is 0. The van der Waals surface area contributed by atoms with Crippen molar-refractivity contribution in [2.75, 3.05) is 0 Å². The van der Waals surface area contributed by atoms with Crippen LogP contribution in [0.3, 0.4) is 0 Å². The van der Waals surface area contributed by atoms with Crippen LogP contribution in [-0.4, -0.2) is 15.5 Å². The highest BCUT2D eigenvalue weighted by atomic mass is 16.4. The van der Waals surface area contributed by atoms with Gasteiger partial charge < -0.3 is 14.5 Å². The largest absolute Gasteiger partial charge is 0.548 e. The molecule has 0 aromatic carbocycles. The number of carbonyl (C=O) groups excluding carboxylic acids is 1. The van der Waals surface area contributed by atoms with Gasteiger partial charge in [-0.3, -0.25) is 0 Å². The zero-order chi connectivity index (χ0) is 8.27. The topological polar surface area (TPSA) is 58.0 Å². The molecule has 0 spiro atoms. The zero-order valence-corrected chi connectivity index (χ0v) is 6.28. The predicted molar refractivity (Wildman–Crippen MR) is 36.6 cm³/mol. The third-order valence-corrected chi connectivity index (χ3v) is 1.42. The molecule has 0 saturated carbocycles. The van der Waals surface area contributed by atoms with Gasteiger partial charge in [-0.15, -0.1) is 0 Å². The molecule has 0 saturated heterocycles. The van der Waals surface area contributed by atoms with Crippen molar-refractivity contribution in [3.05, 3.63) is 18.2 Å². The predicted octanol–water partition coefficient (Wildman–Crippen LogP) is -0.805. The van der Waals surface area contributed by atoms with Gasteiger partial charge in [0.05, 0.1) is 12.5 Å². The first kappa shape index (κ1) is 7.78. The van der Waals surface area contributed by atoms with Gasteiger partial charge in [-0.25, -0.2) is 4.98 Å². The molecule has 11 heavy (non-hydrogen) atoms. The molecule has 0 aliphatic rings. The van der Waals surface area contributed by atoms with Crippen LogP contribution in [0.5, 0.6) is 0 Å². The molecule has 0 amide bonds. The Hall–Kier alpha value is -1.32. The molecule has 4 nitrogen and oxygen atoms in total. The number of carboxylic acid groups (broad SMARTS) is 1. The lowest BCUT2D eigenvalue weighted by molar-refractivity contribution is -0.306. The van der Waals surface area contributed by atoms with E-state index >= 15 is 0 Å². The normalized spacial score (nSPS) is 9.91. The summed E-state index contributed by atoms with van der Waals surface area (Å²) in [6.07, 6.45) is 3.96. The van der Waals surface area contributed by atoms with E-state index in [-0.39, 0.29) is 6.54 Å². The lowest BCUT2D eigenvalue weighted by atomic mass is 10.4. The van der Waals surface area contributed by atoms with Gasteiger partial charge in [-0.2, -0.15) is 0 Å². The standard InChI is InChI=1S/C7H10N2O2/c1-2-6-8-3-4-9(6)5-7(10)11/h3-4H,2,5H2,1H3,(H,10,11)/p-1. The first-order valence-electron chi connectivity index (χ1n) is 3.44. The van der Waals surface area contributed by atoms with Crippen LogP contribution in [0.4, 0.5) is 0 Å². The molecule has 60 valence electrons. The number of rotatable bonds is 3. The minimum Gasteiger partial charge on any atom is -0.548 e. The summed E-state index contributed by atoms with van der Waals surface area (Å²) >= 11 is 0. The van der Waals surface area contributed by atoms with Crippen molar-refractivity contribution in [2.24, 2.45) is 0 Å². The van der Waals surface area contributed by atoms with Crippen molar-refractivity contribution in [3.8, 4) is 0 Å². The summed E-state index contributed by atoms with van der Waals surface area (Å²) < 4.78 is 1.56. The molecule has 1 aromatic heterocycles. The molecule has 0 fully saturated rings. The summed E-state index contributed by atoms with van der Waals surface area (Å²) in [5.74, 6) is -0.313. The lowest BCUT2D eigenvalue weighted by Gasteiger charge is -2.05. The Kier molecular flexibility index (Phi) is 2.25. The Morgan fingerprint density at radius 3 is 3.09 bits per heavy atom. The summed E-state index contributed by atoms with van der Waals surface area (Å²) in [7, 11) is 0. The number of aryl methyl sites for hydroxylation is 1. The Bertz CT molecular complexity index is 255. The maximum absolute atomic E-state index is 10.2. The van der Waals surface area contributed by atoms with E-state index in [2.05, 4.69) is 4.98 Å². The van der Waals surface area contributed by atoms with Gasteiger partial charge in [0.2, 0.25) is 0 Å². The lowest BCUT2D eigenvalue weighted by Crippen LogP contribution is -2.27. The summed E-state index contributed by atoms with van der Waals surface area (Å²) in [6.45, 7) is 1.82. The van der Waals surface area contributed by atoms with Crippen LogP contribution in [0.15, 0.2) is 12.4 Å². The molecular formula is C7H9N2O2-. The number of hydrogen-bond donors (Lipinski definition) is 0. The molecule has 0 bridgehead atoms. The van der Waals surface area contributed by atoms with E-state index in [1.54, 1.807) is 17.0 Å². The van der Waals surface area contributed by atoms with E-state index in [1.165, 1.54) is 0 Å². The van der Waals surface area contributed by atoms with Crippen molar-refractivity contribution in [1.29, 1.82) is 0 Å². The molecule has 0 aliphatic carbocycles. The first-order valence-corrected chi connectivity index (χ1v) is 3.44. The number of carboxylic acids is 1. The van der Waals surface area contributed by atoms with E-state index in [0.717, 1.165) is 12.2 Å². The van der Waals surface area contributed by atoms with Crippen LogP contribution in [-0.2, 0) is 17.8 Å². The van der Waals surface area contributed by atoms with Crippen molar-refractivity contribution in [1.82, 2.24) is 9.55 Å². The van der Waals surface area contributed by atoms with Crippen LogP contribution in [0.1, 0.15) is 12.7 Å². The van der Waals surface area contributed by atoms with Crippen LogP contribution in [0.2, 0.25) is 0 Å². The van der Waals surface area contributed by atoms with Gasteiger partial charge in [-0.05, 0) is 0 Å². The van der Waals surface area contributed by atoms with Gasteiger partial charge in [0.25, 0.3) is 0 Å². The number of hydrogen-bond acceptors (Lipinski definition) is 3. The first-order chi connectivity index (χ1) is 5.24. The second-order valence-electron chi connectivity index (χ2n) is 2.20. The fourth-order valence-electron chi connectivity index (χ4n) is 0.937. The molecule has 0 aliphatic heterocycles. The monoisotopic (exact) mass is 153 g/mol. The molecule has 1 rings (SSSR count). The Morgan fingerprint density at radius 1 is 1.82 bits per heavy atom. The van der Waals surface area contributed by atoms with Crippen LogP contribution < -0.4 is 5.11 Å². The van der Waals surface area contributed by atoms with Crippen molar-refractivity contribution >= 4 is 5.97 Å². The Morgan fingerprint density at radius 2 is 2.55 bits per heavy atom. The Labute approximate surface area is 64.5 Å². The molecule has 4 heteroatoms. The van der Waals surface area contributed by atoms with E-state index < -0.39 is 5.97 Å². The Balaban J connectivity index is 2.76. The molecule has 0 N–H and O–H groups in total. The van der Waals surface area contributed by atoms with E-state index in [9.17, 15) is 9.90 Å². The van der Waals surface area contributed by atoms with Crippen LogP contribution in [0.25, 0.3) is 0 Å². The molecule has 0 unspecified atom stereocenters. The van der Waals surface area contributed by atoms with Gasteiger partial charge in [0.1, 0.15) is 5.82 Å². The molecule has 0 atom stereocenters. The number of aliphatic carboxylic acids is 1. The summed E-state index contributed by atoms with van der Waals surface area (Å²) in [5.41, 5.74) is 0. The zero-order valence-electron chi connectivity index (χ0n) is 6.28. The van der Waals surface area contributed by atoms with Gasteiger partial charge >= 0.3 is 0 Å². The van der Waals surface area contributed by atoms with Crippen molar-refractivity contribution in [2.45, 2.75) is 19.9 Å². The van der Waals surface area contributed by atoms with Gasteiger partial charge in [-0.1, -0.05) is 6.92 Å². The highest BCUT2D eigenvalue weighted by Crippen LogP contribution is 1.96. The minimum absolute atomic E-state index is 0.108. The SMILES string of the molecule is CCc1nccn1CC(=O)[O-]. The fraction of sp³-hybridized carbons (Fsp3) is 0.429.